The summed E-state index contributed by atoms with van der Waals surface area (Å²) in [5.74, 6) is -1.07. The molecule has 122 valence electrons. The molecule has 0 bridgehead atoms. The van der Waals surface area contributed by atoms with Gasteiger partial charge in [0.25, 0.3) is 5.91 Å². The van der Waals surface area contributed by atoms with Crippen LogP contribution in [0.5, 0.6) is 0 Å². The molecule has 0 aromatic rings. The third-order valence-electron chi connectivity index (χ3n) is 3.67. The van der Waals surface area contributed by atoms with E-state index in [1.54, 1.807) is 13.8 Å². The molecule has 2 unspecified atom stereocenters. The van der Waals surface area contributed by atoms with Crippen molar-refractivity contribution in [1.82, 2.24) is 9.80 Å². The molecule has 0 spiro atoms. The second-order valence-electron chi connectivity index (χ2n) is 5.81. The fourth-order valence-electron chi connectivity index (χ4n) is 2.26. The summed E-state index contributed by atoms with van der Waals surface area (Å²) in [6, 6.07) is -0.473. The number of esters is 1. The second kappa shape index (κ2) is 6.05. The molecular formula is C14H20N2O6. The molecule has 0 radical (unpaired) electrons. The summed E-state index contributed by atoms with van der Waals surface area (Å²) in [6.07, 6.45) is -0.210. The zero-order valence-electron chi connectivity index (χ0n) is 12.7. The number of urea groups is 1. The predicted molar refractivity (Wildman–Crippen MR) is 74.8 cm³/mol. The van der Waals surface area contributed by atoms with Crippen molar-refractivity contribution in [3.63, 3.8) is 0 Å². The number of aliphatic hydroxyl groups is 1. The van der Waals surface area contributed by atoms with Crippen LogP contribution in [0, 0.1) is 0 Å². The lowest BCUT2D eigenvalue weighted by atomic mass is 10.0. The number of epoxide rings is 1. The normalized spacial score (nSPS) is 24.4. The molecule has 2 fully saturated rings. The number of amides is 3. The Morgan fingerprint density at radius 1 is 1.59 bits per heavy atom. The Labute approximate surface area is 128 Å². The summed E-state index contributed by atoms with van der Waals surface area (Å²) >= 11 is 0. The maximum absolute atomic E-state index is 12.4. The Bertz CT molecular complexity index is 500. The van der Waals surface area contributed by atoms with E-state index in [9.17, 15) is 19.5 Å². The van der Waals surface area contributed by atoms with Gasteiger partial charge < -0.3 is 19.5 Å². The van der Waals surface area contributed by atoms with Crippen LogP contribution in [-0.4, -0.2) is 76.9 Å². The van der Waals surface area contributed by atoms with Gasteiger partial charge in [0.15, 0.2) is 0 Å². The Hall–Kier alpha value is -1.93. The van der Waals surface area contributed by atoms with Crippen LogP contribution >= 0.6 is 0 Å². The van der Waals surface area contributed by atoms with Gasteiger partial charge in [-0.2, -0.15) is 0 Å². The SMILES string of the molecule is C=CC(=O)OCC(O)CN1C(=O)N(CC2CO2)C(C)(C)C1=O. The summed E-state index contributed by atoms with van der Waals surface area (Å²) in [6.45, 7) is 6.92. The van der Waals surface area contributed by atoms with Gasteiger partial charge in [-0.05, 0) is 13.8 Å². The zero-order chi connectivity index (χ0) is 16.5. The van der Waals surface area contributed by atoms with Crippen LogP contribution in [0.15, 0.2) is 12.7 Å². The molecule has 3 amide bonds. The lowest BCUT2D eigenvalue weighted by Gasteiger charge is -2.26. The smallest absolute Gasteiger partial charge is 0.330 e. The maximum Gasteiger partial charge on any atom is 0.330 e. The highest BCUT2D eigenvalue weighted by atomic mass is 16.6. The van der Waals surface area contributed by atoms with Gasteiger partial charge >= 0.3 is 12.0 Å². The third-order valence-corrected chi connectivity index (χ3v) is 3.67. The van der Waals surface area contributed by atoms with E-state index >= 15 is 0 Å². The van der Waals surface area contributed by atoms with Gasteiger partial charge in [0.2, 0.25) is 0 Å². The monoisotopic (exact) mass is 312 g/mol. The lowest BCUT2D eigenvalue weighted by molar-refractivity contribution is -0.141. The number of nitrogens with zero attached hydrogens (tertiary/aromatic N) is 2. The van der Waals surface area contributed by atoms with Gasteiger partial charge in [0, 0.05) is 6.08 Å². The highest BCUT2D eigenvalue weighted by molar-refractivity contribution is 6.06. The van der Waals surface area contributed by atoms with Crippen LogP contribution in [0.4, 0.5) is 4.79 Å². The third kappa shape index (κ3) is 3.28. The number of rotatable bonds is 7. The van der Waals surface area contributed by atoms with Gasteiger partial charge in [-0.15, -0.1) is 0 Å². The van der Waals surface area contributed by atoms with Crippen molar-refractivity contribution in [2.24, 2.45) is 0 Å². The topological polar surface area (TPSA) is 99.7 Å². The lowest BCUT2D eigenvalue weighted by Crippen LogP contribution is -2.46. The minimum Gasteiger partial charge on any atom is -0.460 e. The van der Waals surface area contributed by atoms with Gasteiger partial charge in [-0.3, -0.25) is 9.69 Å². The van der Waals surface area contributed by atoms with Crippen LogP contribution in [0.2, 0.25) is 0 Å². The molecule has 2 aliphatic heterocycles. The number of hydrogen-bond donors (Lipinski definition) is 1. The first-order valence-corrected chi connectivity index (χ1v) is 6.99. The van der Waals surface area contributed by atoms with E-state index in [1.165, 1.54) is 4.90 Å². The quantitative estimate of drug-likeness (QED) is 0.295. The number of aliphatic hydroxyl groups excluding tert-OH is 1. The van der Waals surface area contributed by atoms with Crippen LogP contribution < -0.4 is 0 Å². The van der Waals surface area contributed by atoms with Crippen LogP contribution in [0.3, 0.4) is 0 Å². The van der Waals surface area contributed by atoms with Crippen molar-refractivity contribution in [2.75, 3.05) is 26.3 Å². The molecule has 0 aromatic carbocycles. The number of imide groups is 1. The van der Waals surface area contributed by atoms with E-state index in [0.717, 1.165) is 11.0 Å². The van der Waals surface area contributed by atoms with Crippen molar-refractivity contribution in [3.05, 3.63) is 12.7 Å². The van der Waals surface area contributed by atoms with Crippen molar-refractivity contribution in [2.45, 2.75) is 31.6 Å². The number of carbonyl (C=O) groups is 3. The fraction of sp³-hybridized carbons (Fsp3) is 0.643. The minimum absolute atomic E-state index is 0.0329. The molecule has 8 nitrogen and oxygen atoms in total. The zero-order valence-corrected chi connectivity index (χ0v) is 12.7. The molecule has 1 N–H and O–H groups in total. The van der Waals surface area contributed by atoms with E-state index in [2.05, 4.69) is 6.58 Å². The first-order valence-electron chi connectivity index (χ1n) is 6.99. The van der Waals surface area contributed by atoms with Crippen LogP contribution in [0.25, 0.3) is 0 Å². The molecule has 2 saturated heterocycles. The van der Waals surface area contributed by atoms with E-state index in [4.69, 9.17) is 9.47 Å². The number of ether oxygens (including phenoxy) is 2. The molecule has 2 atom stereocenters. The Balaban J connectivity index is 1.98. The molecule has 2 rings (SSSR count). The molecular weight excluding hydrogens is 292 g/mol. The van der Waals surface area contributed by atoms with E-state index in [0.29, 0.717) is 13.2 Å². The molecule has 0 aliphatic carbocycles. The van der Waals surface area contributed by atoms with E-state index in [-0.39, 0.29) is 19.3 Å². The highest BCUT2D eigenvalue weighted by Gasteiger charge is 2.52. The van der Waals surface area contributed by atoms with E-state index < -0.39 is 29.6 Å². The highest BCUT2D eigenvalue weighted by Crippen LogP contribution is 2.29. The van der Waals surface area contributed by atoms with Crippen molar-refractivity contribution in [1.29, 1.82) is 0 Å². The first kappa shape index (κ1) is 16.4. The summed E-state index contributed by atoms with van der Waals surface area (Å²) in [5.41, 5.74) is -0.986. The number of β-amino-alcohol motifs (C(OH)–C–C–N with tert-alkyl or cyclic N) is 1. The minimum atomic E-state index is -1.15. The largest absolute Gasteiger partial charge is 0.460 e. The van der Waals surface area contributed by atoms with Crippen molar-refractivity contribution in [3.8, 4) is 0 Å². The van der Waals surface area contributed by atoms with Crippen LogP contribution in [0.1, 0.15) is 13.8 Å². The summed E-state index contributed by atoms with van der Waals surface area (Å²) in [7, 11) is 0. The van der Waals surface area contributed by atoms with Gasteiger partial charge in [0.1, 0.15) is 18.2 Å². The van der Waals surface area contributed by atoms with Gasteiger partial charge in [-0.25, -0.2) is 9.59 Å². The predicted octanol–water partition coefficient (Wildman–Crippen LogP) is -0.482. The maximum atomic E-state index is 12.4. The molecule has 0 aromatic heterocycles. The van der Waals surface area contributed by atoms with Gasteiger partial charge in [0.05, 0.1) is 25.8 Å². The van der Waals surface area contributed by atoms with Crippen molar-refractivity contribution >= 4 is 17.9 Å². The molecule has 22 heavy (non-hydrogen) atoms. The van der Waals surface area contributed by atoms with Gasteiger partial charge in [-0.1, -0.05) is 6.58 Å². The molecule has 8 heteroatoms. The summed E-state index contributed by atoms with van der Waals surface area (Å²) in [5, 5.41) is 9.84. The first-order chi connectivity index (χ1) is 10.3. The Morgan fingerprint density at radius 2 is 2.23 bits per heavy atom. The Kier molecular flexibility index (Phi) is 4.52. The summed E-state index contributed by atoms with van der Waals surface area (Å²) < 4.78 is 9.80. The average Bonchev–Trinajstić information content (AvgIpc) is 3.27. The average molecular weight is 312 g/mol. The van der Waals surface area contributed by atoms with Crippen molar-refractivity contribution < 1.29 is 29.0 Å². The second-order valence-corrected chi connectivity index (χ2v) is 5.81. The molecule has 0 saturated carbocycles. The number of hydrogen-bond acceptors (Lipinski definition) is 6. The molecule has 2 heterocycles. The molecule has 2 aliphatic rings. The van der Waals surface area contributed by atoms with Crippen LogP contribution in [-0.2, 0) is 19.1 Å². The van der Waals surface area contributed by atoms with E-state index in [1.807, 2.05) is 0 Å². The fourth-order valence-corrected chi connectivity index (χ4v) is 2.26. The summed E-state index contributed by atoms with van der Waals surface area (Å²) in [4.78, 5) is 38.1. The number of carbonyl (C=O) groups excluding carboxylic acids is 3. The Morgan fingerprint density at radius 3 is 2.77 bits per heavy atom. The standard InChI is InChI=1S/C14H20N2O6/c1-4-11(18)22-7-9(17)5-15-12(19)14(2,3)16(13(15)20)6-10-8-21-10/h4,9-10,17H,1,5-8H2,2-3H3.